The quantitative estimate of drug-likeness (QED) is 0.392. The third-order valence-corrected chi connectivity index (χ3v) is 9.79. The Hall–Kier alpha value is -2.08. The van der Waals surface area contributed by atoms with Crippen molar-refractivity contribution in [2.75, 3.05) is 0 Å². The van der Waals surface area contributed by atoms with E-state index in [1.165, 1.54) is 36.0 Å². The Labute approximate surface area is 195 Å². The van der Waals surface area contributed by atoms with Crippen LogP contribution in [0.3, 0.4) is 0 Å². The van der Waals surface area contributed by atoms with Gasteiger partial charge in [0.1, 0.15) is 0 Å². The van der Waals surface area contributed by atoms with Gasteiger partial charge in [0.05, 0.1) is 0 Å². The molecule has 0 N–H and O–H groups in total. The van der Waals surface area contributed by atoms with Crippen molar-refractivity contribution in [1.29, 1.82) is 0 Å². The lowest BCUT2D eigenvalue weighted by molar-refractivity contribution is 0.161. The highest BCUT2D eigenvalue weighted by Gasteiger charge is 2.62. The van der Waals surface area contributed by atoms with Crippen molar-refractivity contribution >= 4 is 0 Å². The van der Waals surface area contributed by atoms with Gasteiger partial charge in [-0.25, -0.2) is 0 Å². The lowest BCUT2D eigenvalue weighted by Crippen LogP contribution is -2.39. The van der Waals surface area contributed by atoms with Gasteiger partial charge < -0.3 is 0 Å². The van der Waals surface area contributed by atoms with E-state index in [0.717, 1.165) is 6.42 Å². The highest BCUT2D eigenvalue weighted by molar-refractivity contribution is 5.78. The molecule has 1 saturated carbocycles. The van der Waals surface area contributed by atoms with Crippen LogP contribution in [0.2, 0.25) is 0 Å². The zero-order valence-corrected chi connectivity index (χ0v) is 21.2. The second-order valence-corrected chi connectivity index (χ2v) is 11.6. The summed E-state index contributed by atoms with van der Waals surface area (Å²) in [6, 6.07) is 16.2. The minimum Gasteiger partial charge on any atom is -0.0727 e. The van der Waals surface area contributed by atoms with Gasteiger partial charge in [-0.15, -0.1) is 0 Å². The average Bonchev–Trinajstić information content (AvgIpc) is 3.43. The van der Waals surface area contributed by atoms with E-state index in [0.29, 0.717) is 17.3 Å². The fraction of sp³-hybridized carbons (Fsp3) is 0.500. The third kappa shape index (κ3) is 2.62. The first-order chi connectivity index (χ1) is 15.2. The minimum atomic E-state index is 0.165. The molecule has 0 aromatic heterocycles. The molecule has 0 bridgehead atoms. The van der Waals surface area contributed by atoms with E-state index in [2.05, 4.69) is 103 Å². The highest BCUT2D eigenvalue weighted by atomic mass is 14.7. The van der Waals surface area contributed by atoms with Gasteiger partial charge in [0.15, 0.2) is 0 Å². The average molecular weight is 425 g/mol. The third-order valence-electron chi connectivity index (χ3n) is 9.79. The summed E-state index contributed by atoms with van der Waals surface area (Å²) in [6.45, 7) is 17.1. The Bertz CT molecular complexity index is 1110. The van der Waals surface area contributed by atoms with Crippen molar-refractivity contribution in [2.45, 2.75) is 79.6 Å². The molecule has 0 radical (unpaired) electrons. The summed E-state index contributed by atoms with van der Waals surface area (Å²) in [6.07, 6.45) is 10.1. The normalized spacial score (nSPS) is 27.6. The standard InChI is InChI=1S/C32H40/c1-8-31(9-2)21(4)32(10-3,29-20-23(19-28(29)31)30(5,6)7)27-17-13-16-25-24-15-12-11-14-22(24)18-26(25)27/h11-17,19-21,29H,8-10,18H2,1-7H3. The van der Waals surface area contributed by atoms with Crippen LogP contribution in [0.15, 0.2) is 65.8 Å². The molecular formula is C32H40. The number of fused-ring (bicyclic) bond motifs is 4. The molecule has 0 nitrogen and oxygen atoms in total. The first-order valence-corrected chi connectivity index (χ1v) is 12.9. The monoisotopic (exact) mass is 424 g/mol. The molecule has 0 heterocycles. The van der Waals surface area contributed by atoms with E-state index >= 15 is 0 Å². The molecule has 3 aliphatic carbocycles. The summed E-state index contributed by atoms with van der Waals surface area (Å²) < 4.78 is 0. The molecule has 0 saturated heterocycles. The van der Waals surface area contributed by atoms with Gasteiger partial charge in [-0.3, -0.25) is 0 Å². The smallest absolute Gasteiger partial charge is 0.00916 e. The van der Waals surface area contributed by atoms with Gasteiger partial charge in [0, 0.05) is 11.3 Å². The fourth-order valence-corrected chi connectivity index (χ4v) is 7.91. The van der Waals surface area contributed by atoms with Crippen LogP contribution in [0, 0.1) is 22.7 Å². The minimum absolute atomic E-state index is 0.165. The fourth-order valence-electron chi connectivity index (χ4n) is 7.91. The summed E-state index contributed by atoms with van der Waals surface area (Å²) in [5.74, 6) is 1.14. The molecule has 3 atom stereocenters. The van der Waals surface area contributed by atoms with Gasteiger partial charge in [-0.05, 0) is 75.8 Å². The summed E-state index contributed by atoms with van der Waals surface area (Å²) in [4.78, 5) is 0. The van der Waals surface area contributed by atoms with Crippen molar-refractivity contribution < 1.29 is 0 Å². The van der Waals surface area contributed by atoms with Gasteiger partial charge in [-0.2, -0.15) is 0 Å². The van der Waals surface area contributed by atoms with Crippen LogP contribution in [0.5, 0.6) is 0 Å². The second kappa shape index (κ2) is 7.21. The number of rotatable bonds is 4. The predicted molar refractivity (Wildman–Crippen MR) is 138 cm³/mol. The molecule has 1 fully saturated rings. The van der Waals surface area contributed by atoms with E-state index in [9.17, 15) is 0 Å². The van der Waals surface area contributed by atoms with Gasteiger partial charge >= 0.3 is 0 Å². The summed E-state index contributed by atoms with van der Waals surface area (Å²) in [7, 11) is 0. The van der Waals surface area contributed by atoms with E-state index in [4.69, 9.17) is 0 Å². The predicted octanol–water partition coefficient (Wildman–Crippen LogP) is 8.89. The SMILES string of the molecule is CCC1(CC)C2=CC(C(C)(C)C)=CC2C(CC)(c2cccc3c2Cc2ccccc2-3)C1C. The Kier molecular flexibility index (Phi) is 4.90. The molecule has 3 aliphatic rings. The molecule has 5 rings (SSSR count). The van der Waals surface area contributed by atoms with Crippen LogP contribution in [-0.4, -0.2) is 0 Å². The summed E-state index contributed by atoms with van der Waals surface area (Å²) in [5, 5.41) is 0. The number of hydrogen-bond donors (Lipinski definition) is 0. The molecule has 0 spiro atoms. The number of benzene rings is 2. The molecule has 0 amide bonds. The van der Waals surface area contributed by atoms with Crippen LogP contribution in [0.1, 0.15) is 84.4 Å². The molecule has 32 heavy (non-hydrogen) atoms. The molecule has 0 aliphatic heterocycles. The number of allylic oxidation sites excluding steroid dienone is 4. The molecule has 3 unspecified atom stereocenters. The Balaban J connectivity index is 1.77. The maximum absolute atomic E-state index is 2.68. The van der Waals surface area contributed by atoms with E-state index in [-0.39, 0.29) is 10.8 Å². The second-order valence-electron chi connectivity index (χ2n) is 11.6. The van der Waals surface area contributed by atoms with Crippen molar-refractivity contribution in [3.8, 4) is 11.1 Å². The number of hydrogen-bond acceptors (Lipinski definition) is 0. The van der Waals surface area contributed by atoms with Crippen molar-refractivity contribution in [2.24, 2.45) is 22.7 Å². The van der Waals surface area contributed by atoms with Crippen molar-refractivity contribution in [3.63, 3.8) is 0 Å². The maximum atomic E-state index is 2.68. The molecular weight excluding hydrogens is 384 g/mol. The van der Waals surface area contributed by atoms with Crippen LogP contribution >= 0.6 is 0 Å². The van der Waals surface area contributed by atoms with Gasteiger partial charge in [0.2, 0.25) is 0 Å². The van der Waals surface area contributed by atoms with Gasteiger partial charge in [0.25, 0.3) is 0 Å². The van der Waals surface area contributed by atoms with Gasteiger partial charge in [-0.1, -0.05) is 109 Å². The highest BCUT2D eigenvalue weighted by Crippen LogP contribution is 2.69. The van der Waals surface area contributed by atoms with Crippen LogP contribution in [0.4, 0.5) is 0 Å². The molecule has 2 aromatic rings. The summed E-state index contributed by atoms with van der Waals surface area (Å²) >= 11 is 0. The first-order valence-electron chi connectivity index (χ1n) is 12.9. The largest absolute Gasteiger partial charge is 0.0727 e. The molecule has 0 heteroatoms. The van der Waals surface area contributed by atoms with Crippen molar-refractivity contribution in [1.82, 2.24) is 0 Å². The summed E-state index contributed by atoms with van der Waals surface area (Å²) in [5.41, 5.74) is 11.6. The zero-order chi connectivity index (χ0) is 22.9. The Morgan fingerprint density at radius 2 is 1.56 bits per heavy atom. The van der Waals surface area contributed by atoms with E-state index in [1.54, 1.807) is 22.3 Å². The van der Waals surface area contributed by atoms with E-state index in [1.807, 2.05) is 0 Å². The Morgan fingerprint density at radius 1 is 0.875 bits per heavy atom. The maximum Gasteiger partial charge on any atom is 0.00916 e. The van der Waals surface area contributed by atoms with Crippen LogP contribution < -0.4 is 0 Å². The van der Waals surface area contributed by atoms with Crippen molar-refractivity contribution in [3.05, 3.63) is 82.5 Å². The van der Waals surface area contributed by atoms with E-state index < -0.39 is 0 Å². The van der Waals surface area contributed by atoms with Crippen LogP contribution in [-0.2, 0) is 11.8 Å². The topological polar surface area (TPSA) is 0 Å². The lowest BCUT2D eigenvalue weighted by atomic mass is 9.60. The zero-order valence-electron chi connectivity index (χ0n) is 21.2. The molecule has 2 aromatic carbocycles. The Morgan fingerprint density at radius 3 is 2.22 bits per heavy atom. The first kappa shape index (κ1) is 21.7. The lowest BCUT2D eigenvalue weighted by Gasteiger charge is -2.43. The molecule has 168 valence electrons. The van der Waals surface area contributed by atoms with Crippen LogP contribution in [0.25, 0.3) is 11.1 Å².